The predicted octanol–water partition coefficient (Wildman–Crippen LogP) is 4.49. The van der Waals surface area contributed by atoms with Crippen molar-refractivity contribution in [2.24, 2.45) is 4.40 Å². The van der Waals surface area contributed by atoms with E-state index in [1.54, 1.807) is 6.21 Å². The maximum Gasteiger partial charge on any atom is 0.261 e. The lowest BCUT2D eigenvalue weighted by atomic mass is 10.2. The quantitative estimate of drug-likeness (QED) is 0.289. The minimum absolute atomic E-state index is 0.0406. The van der Waals surface area contributed by atoms with Gasteiger partial charge in [0.25, 0.3) is 8.32 Å². The molecule has 5 heteroatoms. The SMILES string of the molecule is CC(C)(C)[S@@+]([O-])N=CCCO[Si](c1ccccc1)(c1ccccc1)C(C)(C)C. The van der Waals surface area contributed by atoms with Crippen LogP contribution < -0.4 is 10.4 Å². The molecule has 0 aromatic heterocycles. The van der Waals surface area contributed by atoms with Crippen LogP contribution >= 0.6 is 0 Å². The molecular formula is C23H33NO2SSi. The molecule has 0 amide bonds. The van der Waals surface area contributed by atoms with Crippen molar-refractivity contribution in [2.75, 3.05) is 6.61 Å². The van der Waals surface area contributed by atoms with Gasteiger partial charge in [0.1, 0.15) is 16.1 Å². The van der Waals surface area contributed by atoms with Gasteiger partial charge in [-0.2, -0.15) is 0 Å². The van der Waals surface area contributed by atoms with Crippen LogP contribution in [0.3, 0.4) is 0 Å². The van der Waals surface area contributed by atoms with E-state index in [1.807, 2.05) is 32.9 Å². The van der Waals surface area contributed by atoms with Gasteiger partial charge in [0.05, 0.1) is 6.21 Å². The Hall–Kier alpha value is -1.40. The summed E-state index contributed by atoms with van der Waals surface area (Å²) < 4.78 is 22.8. The lowest BCUT2D eigenvalue weighted by molar-refractivity contribution is 0.309. The standard InChI is InChI=1S/C23H33NO2SSi/c1-22(2,3)27(25)24-18-13-19-26-28(23(4,5)6,20-14-9-7-10-15-20)21-16-11-8-12-17-21/h7-12,14-18H,13,19H2,1-6H3/t27-/m1/s1. The van der Waals surface area contributed by atoms with Crippen molar-refractivity contribution in [3.8, 4) is 0 Å². The minimum atomic E-state index is -2.50. The van der Waals surface area contributed by atoms with E-state index in [4.69, 9.17) is 4.43 Å². The molecule has 3 nitrogen and oxygen atoms in total. The molecule has 0 fully saturated rings. The third kappa shape index (κ3) is 5.35. The van der Waals surface area contributed by atoms with Crippen molar-refractivity contribution in [3.63, 3.8) is 0 Å². The van der Waals surface area contributed by atoms with Gasteiger partial charge in [0.2, 0.25) is 0 Å². The molecule has 0 N–H and O–H groups in total. The van der Waals surface area contributed by atoms with E-state index in [1.165, 1.54) is 10.4 Å². The number of rotatable bonds is 7. The summed E-state index contributed by atoms with van der Waals surface area (Å²) in [5, 5.41) is 2.49. The van der Waals surface area contributed by atoms with Gasteiger partial charge in [-0.15, -0.1) is 0 Å². The molecule has 0 aliphatic carbocycles. The van der Waals surface area contributed by atoms with Gasteiger partial charge >= 0.3 is 0 Å². The smallest absolute Gasteiger partial charge is 0.261 e. The summed E-state index contributed by atoms with van der Waals surface area (Å²) in [5.41, 5.74) is 0. The first-order valence-electron chi connectivity index (χ1n) is 9.78. The Morgan fingerprint density at radius 3 is 1.75 bits per heavy atom. The summed E-state index contributed by atoms with van der Waals surface area (Å²) in [6, 6.07) is 21.2. The Balaban J connectivity index is 2.31. The van der Waals surface area contributed by atoms with E-state index in [0.717, 1.165) is 0 Å². The molecule has 0 bridgehead atoms. The molecule has 2 aromatic rings. The van der Waals surface area contributed by atoms with Crippen LogP contribution in [0, 0.1) is 0 Å². The molecule has 0 saturated heterocycles. The Morgan fingerprint density at radius 2 is 1.36 bits per heavy atom. The normalized spacial score (nSPS) is 14.4. The summed E-state index contributed by atoms with van der Waals surface area (Å²) >= 11 is -1.23. The van der Waals surface area contributed by atoms with Gasteiger partial charge in [-0.05, 0) is 36.2 Å². The van der Waals surface area contributed by atoms with E-state index in [0.29, 0.717) is 13.0 Å². The van der Waals surface area contributed by atoms with Crippen molar-refractivity contribution in [3.05, 3.63) is 60.7 Å². The monoisotopic (exact) mass is 415 g/mol. The fourth-order valence-corrected chi connectivity index (χ4v) is 8.44. The van der Waals surface area contributed by atoms with Crippen molar-refractivity contribution in [2.45, 2.75) is 57.7 Å². The van der Waals surface area contributed by atoms with Gasteiger partial charge in [0, 0.05) is 13.0 Å². The molecule has 28 heavy (non-hydrogen) atoms. The van der Waals surface area contributed by atoms with Crippen molar-refractivity contribution >= 4 is 36.3 Å². The zero-order chi connectivity index (χ0) is 20.8. The summed E-state index contributed by atoms with van der Waals surface area (Å²) in [6.45, 7) is 13.1. The van der Waals surface area contributed by atoms with E-state index in [-0.39, 0.29) is 9.79 Å². The van der Waals surface area contributed by atoms with E-state index in [2.05, 4.69) is 73.7 Å². The zero-order valence-electron chi connectivity index (χ0n) is 17.9. The maximum absolute atomic E-state index is 12.1. The van der Waals surface area contributed by atoms with E-state index < -0.39 is 19.7 Å². The van der Waals surface area contributed by atoms with Gasteiger partial charge in [-0.3, -0.25) is 0 Å². The number of benzene rings is 2. The minimum Gasteiger partial charge on any atom is -0.591 e. The zero-order valence-corrected chi connectivity index (χ0v) is 19.8. The van der Waals surface area contributed by atoms with Crippen molar-refractivity contribution in [1.29, 1.82) is 0 Å². The third-order valence-corrected chi connectivity index (χ3v) is 11.1. The molecular weight excluding hydrogens is 382 g/mol. The highest BCUT2D eigenvalue weighted by Crippen LogP contribution is 2.36. The van der Waals surface area contributed by atoms with E-state index in [9.17, 15) is 4.55 Å². The summed E-state index contributed by atoms with van der Waals surface area (Å²) in [7, 11) is -2.50. The van der Waals surface area contributed by atoms with Crippen LogP contribution in [0.2, 0.25) is 5.04 Å². The lowest BCUT2D eigenvalue weighted by Crippen LogP contribution is -2.66. The topological polar surface area (TPSA) is 44.7 Å². The summed E-state index contributed by atoms with van der Waals surface area (Å²) in [6.07, 6.45) is 2.39. The average Bonchev–Trinajstić information content (AvgIpc) is 2.64. The Kier molecular flexibility index (Phi) is 7.68. The van der Waals surface area contributed by atoms with Crippen LogP contribution in [-0.4, -0.2) is 30.4 Å². The first-order chi connectivity index (χ1) is 13.1. The highest BCUT2D eigenvalue weighted by Gasteiger charge is 2.49. The second-order valence-corrected chi connectivity index (χ2v) is 15.2. The van der Waals surface area contributed by atoms with Crippen molar-refractivity contribution in [1.82, 2.24) is 0 Å². The molecule has 0 saturated carbocycles. The molecule has 152 valence electrons. The highest BCUT2D eigenvalue weighted by atomic mass is 32.2. The largest absolute Gasteiger partial charge is 0.591 e. The fraction of sp³-hybridized carbons (Fsp3) is 0.435. The molecule has 0 aliphatic rings. The van der Waals surface area contributed by atoms with Gasteiger partial charge in [-0.25, -0.2) is 0 Å². The van der Waals surface area contributed by atoms with Crippen LogP contribution in [-0.2, 0) is 15.8 Å². The predicted molar refractivity (Wildman–Crippen MR) is 125 cm³/mol. The Bertz CT molecular complexity index is 712. The van der Waals surface area contributed by atoms with Crippen molar-refractivity contribution < 1.29 is 8.98 Å². The van der Waals surface area contributed by atoms with Crippen LogP contribution in [0.4, 0.5) is 0 Å². The van der Waals surface area contributed by atoms with Gasteiger partial charge in [0.15, 0.2) is 0 Å². The van der Waals surface area contributed by atoms with E-state index >= 15 is 0 Å². The first kappa shape index (κ1) is 22.9. The maximum atomic E-state index is 12.1. The third-order valence-electron chi connectivity index (χ3n) is 4.68. The second-order valence-electron chi connectivity index (χ2n) is 8.95. The van der Waals surface area contributed by atoms with Crippen LogP contribution in [0.15, 0.2) is 65.1 Å². The summed E-state index contributed by atoms with van der Waals surface area (Å²) in [5.74, 6) is 0. The molecule has 0 radical (unpaired) electrons. The lowest BCUT2D eigenvalue weighted by Gasteiger charge is -2.43. The first-order valence-corrected chi connectivity index (χ1v) is 12.8. The fourth-order valence-electron chi connectivity index (χ4n) is 3.30. The second kappa shape index (κ2) is 9.40. The Morgan fingerprint density at radius 1 is 0.893 bits per heavy atom. The molecule has 0 unspecified atom stereocenters. The number of hydrogen-bond acceptors (Lipinski definition) is 3. The van der Waals surface area contributed by atoms with Crippen LogP contribution in [0.25, 0.3) is 0 Å². The average molecular weight is 416 g/mol. The molecule has 2 aromatic carbocycles. The highest BCUT2D eigenvalue weighted by molar-refractivity contribution is 7.91. The van der Waals surface area contributed by atoms with Crippen LogP contribution in [0.5, 0.6) is 0 Å². The molecule has 2 rings (SSSR count). The molecule has 0 spiro atoms. The van der Waals surface area contributed by atoms with Crippen LogP contribution in [0.1, 0.15) is 48.0 Å². The van der Waals surface area contributed by atoms with Gasteiger partial charge < -0.3 is 8.98 Å². The molecule has 0 heterocycles. The number of nitrogens with zero attached hydrogens (tertiary/aromatic N) is 1. The van der Waals surface area contributed by atoms with Gasteiger partial charge in [-0.1, -0.05) is 85.8 Å². The Labute approximate surface area is 174 Å². The molecule has 0 aliphatic heterocycles. The number of hydrogen-bond donors (Lipinski definition) is 0. The molecule has 1 atom stereocenters. The summed E-state index contributed by atoms with van der Waals surface area (Å²) in [4.78, 5) is 0.